The molecule has 16 heavy (non-hydrogen) atoms. The zero-order valence-corrected chi connectivity index (χ0v) is 9.14. The Kier molecular flexibility index (Phi) is 2.25. The molecule has 0 radical (unpaired) electrons. The third-order valence-corrected chi connectivity index (χ3v) is 2.82. The van der Waals surface area contributed by atoms with Crippen LogP contribution in [0.1, 0.15) is 11.4 Å². The highest BCUT2D eigenvalue weighted by molar-refractivity contribution is 5.52. The van der Waals surface area contributed by atoms with Gasteiger partial charge in [-0.3, -0.25) is 0 Å². The second kappa shape index (κ2) is 3.75. The molecule has 0 aliphatic carbocycles. The summed E-state index contributed by atoms with van der Waals surface area (Å²) in [6, 6.07) is 1.93. The van der Waals surface area contributed by atoms with Gasteiger partial charge >= 0.3 is 0 Å². The molecule has 84 valence electrons. The van der Waals surface area contributed by atoms with Gasteiger partial charge in [-0.1, -0.05) is 0 Å². The van der Waals surface area contributed by atoms with Crippen molar-refractivity contribution >= 4 is 0 Å². The number of aryl methyl sites for hydroxylation is 1. The third-order valence-electron chi connectivity index (χ3n) is 2.82. The Hall–Kier alpha value is -1.62. The Labute approximate surface area is 93.0 Å². The van der Waals surface area contributed by atoms with Crippen LogP contribution in [0, 0.1) is 6.92 Å². The lowest BCUT2D eigenvalue weighted by Gasteiger charge is -2.04. The van der Waals surface area contributed by atoms with Crippen molar-refractivity contribution in [3.05, 3.63) is 23.7 Å². The van der Waals surface area contributed by atoms with E-state index in [4.69, 9.17) is 9.15 Å². The standard InChI is InChI=1S/C11H13N3O2/c1-8-2-6-16-10(8)11-13-12-9-3-5-15-7-4-14(9)11/h2,6H,3-5,7H2,1H3. The Balaban J connectivity index is 2.09. The van der Waals surface area contributed by atoms with Gasteiger partial charge in [0, 0.05) is 13.0 Å². The zero-order valence-electron chi connectivity index (χ0n) is 9.14. The highest BCUT2D eigenvalue weighted by Gasteiger charge is 2.19. The Morgan fingerprint density at radius 3 is 3.06 bits per heavy atom. The van der Waals surface area contributed by atoms with E-state index in [1.54, 1.807) is 6.26 Å². The molecular formula is C11H13N3O2. The molecule has 0 N–H and O–H groups in total. The fourth-order valence-corrected chi connectivity index (χ4v) is 1.95. The lowest BCUT2D eigenvalue weighted by molar-refractivity contribution is 0.140. The summed E-state index contributed by atoms with van der Waals surface area (Å²) in [5.74, 6) is 2.59. The monoisotopic (exact) mass is 219 g/mol. The van der Waals surface area contributed by atoms with Crippen LogP contribution in [0.3, 0.4) is 0 Å². The number of ether oxygens (including phenoxy) is 1. The lowest BCUT2D eigenvalue weighted by Crippen LogP contribution is -2.05. The molecule has 0 atom stereocenters. The quantitative estimate of drug-likeness (QED) is 0.727. The number of hydrogen-bond donors (Lipinski definition) is 0. The van der Waals surface area contributed by atoms with Crippen molar-refractivity contribution in [3.63, 3.8) is 0 Å². The SMILES string of the molecule is Cc1ccoc1-c1nnc2n1CCOCC2. The minimum Gasteiger partial charge on any atom is -0.461 e. The van der Waals surface area contributed by atoms with Crippen molar-refractivity contribution in [1.29, 1.82) is 0 Å². The molecule has 5 heteroatoms. The topological polar surface area (TPSA) is 53.1 Å². The smallest absolute Gasteiger partial charge is 0.200 e. The van der Waals surface area contributed by atoms with Gasteiger partial charge in [0.25, 0.3) is 0 Å². The van der Waals surface area contributed by atoms with Crippen molar-refractivity contribution in [2.24, 2.45) is 0 Å². The first-order chi connectivity index (χ1) is 7.86. The summed E-state index contributed by atoms with van der Waals surface area (Å²) in [6.45, 7) is 4.22. The first kappa shape index (κ1) is 9.59. The minimum atomic E-state index is 0.706. The molecule has 0 bridgehead atoms. The first-order valence-corrected chi connectivity index (χ1v) is 5.40. The Morgan fingerprint density at radius 1 is 1.31 bits per heavy atom. The summed E-state index contributed by atoms with van der Waals surface area (Å²) in [7, 11) is 0. The van der Waals surface area contributed by atoms with Crippen LogP contribution in [-0.4, -0.2) is 28.0 Å². The van der Waals surface area contributed by atoms with Gasteiger partial charge in [0.2, 0.25) is 0 Å². The number of aromatic nitrogens is 3. The zero-order chi connectivity index (χ0) is 11.0. The number of rotatable bonds is 1. The van der Waals surface area contributed by atoms with Crippen LogP contribution in [0.15, 0.2) is 16.7 Å². The van der Waals surface area contributed by atoms with Crippen molar-refractivity contribution in [3.8, 4) is 11.6 Å². The third kappa shape index (κ3) is 1.44. The van der Waals surface area contributed by atoms with Crippen LogP contribution in [0.4, 0.5) is 0 Å². The molecule has 2 aromatic heterocycles. The summed E-state index contributed by atoms with van der Waals surface area (Å²) in [5.41, 5.74) is 1.08. The molecule has 0 saturated heterocycles. The number of furan rings is 1. The number of hydrogen-bond acceptors (Lipinski definition) is 4. The fraction of sp³-hybridized carbons (Fsp3) is 0.455. The molecule has 0 spiro atoms. The maximum Gasteiger partial charge on any atom is 0.200 e. The van der Waals surface area contributed by atoms with Crippen LogP contribution in [-0.2, 0) is 17.7 Å². The van der Waals surface area contributed by atoms with Crippen molar-refractivity contribution < 1.29 is 9.15 Å². The van der Waals surface area contributed by atoms with Crippen molar-refractivity contribution in [2.75, 3.05) is 13.2 Å². The molecule has 5 nitrogen and oxygen atoms in total. The predicted molar refractivity (Wildman–Crippen MR) is 57.0 cm³/mol. The summed E-state index contributed by atoms with van der Waals surface area (Å²) in [5, 5.41) is 8.39. The van der Waals surface area contributed by atoms with Gasteiger partial charge in [-0.05, 0) is 18.6 Å². The van der Waals surface area contributed by atoms with Crippen LogP contribution < -0.4 is 0 Å². The summed E-state index contributed by atoms with van der Waals surface area (Å²) >= 11 is 0. The average Bonchev–Trinajstić information content (AvgIpc) is 2.78. The van der Waals surface area contributed by atoms with Gasteiger partial charge in [0.1, 0.15) is 5.82 Å². The molecule has 0 aromatic carbocycles. The second-order valence-corrected chi connectivity index (χ2v) is 3.89. The van der Waals surface area contributed by atoms with Crippen molar-refractivity contribution in [2.45, 2.75) is 19.9 Å². The summed E-state index contributed by atoms with van der Waals surface area (Å²) in [6.07, 6.45) is 2.49. The Morgan fingerprint density at radius 2 is 2.25 bits per heavy atom. The van der Waals surface area contributed by atoms with E-state index in [-0.39, 0.29) is 0 Å². The van der Waals surface area contributed by atoms with Gasteiger partial charge in [0.05, 0.1) is 19.5 Å². The summed E-state index contributed by atoms with van der Waals surface area (Å²) in [4.78, 5) is 0. The molecule has 3 rings (SSSR count). The van der Waals surface area contributed by atoms with Crippen LogP contribution in [0.2, 0.25) is 0 Å². The van der Waals surface area contributed by atoms with E-state index in [1.807, 2.05) is 13.0 Å². The summed E-state index contributed by atoms with van der Waals surface area (Å²) < 4.78 is 13.0. The van der Waals surface area contributed by atoms with E-state index in [2.05, 4.69) is 14.8 Å². The molecule has 0 amide bonds. The molecule has 2 aromatic rings. The van der Waals surface area contributed by atoms with Crippen molar-refractivity contribution in [1.82, 2.24) is 14.8 Å². The highest BCUT2D eigenvalue weighted by atomic mass is 16.5. The van der Waals surface area contributed by atoms with Gasteiger partial charge in [-0.25, -0.2) is 0 Å². The van der Waals surface area contributed by atoms with Gasteiger partial charge < -0.3 is 13.7 Å². The molecule has 1 aliphatic rings. The number of fused-ring (bicyclic) bond motifs is 1. The predicted octanol–water partition coefficient (Wildman–Crippen LogP) is 1.42. The van der Waals surface area contributed by atoms with Crippen LogP contribution in [0.5, 0.6) is 0 Å². The molecule has 0 saturated carbocycles. The minimum absolute atomic E-state index is 0.706. The Bertz CT molecular complexity index is 501. The fourth-order valence-electron chi connectivity index (χ4n) is 1.95. The molecule has 0 fully saturated rings. The van der Waals surface area contributed by atoms with E-state index in [0.29, 0.717) is 6.61 Å². The highest BCUT2D eigenvalue weighted by Crippen LogP contribution is 2.24. The van der Waals surface area contributed by atoms with E-state index in [1.165, 1.54) is 0 Å². The average molecular weight is 219 g/mol. The van der Waals surface area contributed by atoms with E-state index in [9.17, 15) is 0 Å². The maximum absolute atomic E-state index is 5.45. The van der Waals surface area contributed by atoms with Gasteiger partial charge in [-0.2, -0.15) is 0 Å². The van der Waals surface area contributed by atoms with Crippen LogP contribution >= 0.6 is 0 Å². The second-order valence-electron chi connectivity index (χ2n) is 3.89. The molecule has 0 unspecified atom stereocenters. The van der Waals surface area contributed by atoms with E-state index in [0.717, 1.165) is 42.5 Å². The maximum atomic E-state index is 5.45. The van der Waals surface area contributed by atoms with E-state index < -0.39 is 0 Å². The largest absolute Gasteiger partial charge is 0.461 e. The van der Waals surface area contributed by atoms with E-state index >= 15 is 0 Å². The lowest BCUT2D eigenvalue weighted by atomic mass is 10.2. The van der Waals surface area contributed by atoms with Crippen LogP contribution in [0.25, 0.3) is 11.6 Å². The normalized spacial score (nSPS) is 15.8. The van der Waals surface area contributed by atoms with Gasteiger partial charge in [-0.15, -0.1) is 10.2 Å². The number of nitrogens with zero attached hydrogens (tertiary/aromatic N) is 3. The first-order valence-electron chi connectivity index (χ1n) is 5.40. The molecular weight excluding hydrogens is 206 g/mol. The molecule has 3 heterocycles. The molecule has 1 aliphatic heterocycles. The van der Waals surface area contributed by atoms with Gasteiger partial charge in [0.15, 0.2) is 11.6 Å².